The highest BCUT2D eigenvalue weighted by Crippen LogP contribution is 2.08. The van der Waals surface area contributed by atoms with Gasteiger partial charge in [0.05, 0.1) is 0 Å². The second-order valence-electron chi connectivity index (χ2n) is 1.97. The zero-order chi connectivity index (χ0) is 8.15. The SMILES string of the molecule is C=C(O)/C(F)=C\C(C)=C/C. The third-order valence-electron chi connectivity index (χ3n) is 1.09. The average Bonchev–Trinajstić information content (AvgIpc) is 1.87. The number of aliphatic hydroxyl groups is 1. The number of aliphatic hydroxyl groups excluding tert-OH is 1. The van der Waals surface area contributed by atoms with E-state index in [4.69, 9.17) is 5.11 Å². The van der Waals surface area contributed by atoms with Crippen LogP contribution in [0.25, 0.3) is 0 Å². The van der Waals surface area contributed by atoms with Crippen LogP contribution in [0, 0.1) is 0 Å². The lowest BCUT2D eigenvalue weighted by atomic mass is 10.2. The Kier molecular flexibility index (Phi) is 3.47. The van der Waals surface area contributed by atoms with Crippen LogP contribution in [-0.2, 0) is 0 Å². The molecule has 0 spiro atoms. The molecule has 0 rings (SSSR count). The van der Waals surface area contributed by atoms with Crippen molar-refractivity contribution in [3.8, 4) is 0 Å². The molecule has 10 heavy (non-hydrogen) atoms. The Morgan fingerprint density at radius 3 is 2.40 bits per heavy atom. The third kappa shape index (κ3) is 3.07. The van der Waals surface area contributed by atoms with Crippen molar-refractivity contribution in [1.29, 1.82) is 0 Å². The molecule has 0 aliphatic carbocycles. The van der Waals surface area contributed by atoms with Crippen LogP contribution in [0.15, 0.2) is 35.9 Å². The van der Waals surface area contributed by atoms with Gasteiger partial charge in [-0.1, -0.05) is 18.2 Å². The Hall–Kier alpha value is -1.05. The van der Waals surface area contributed by atoms with Crippen molar-refractivity contribution in [2.24, 2.45) is 0 Å². The van der Waals surface area contributed by atoms with Gasteiger partial charge in [-0.25, -0.2) is 4.39 Å². The number of hydrogen-bond donors (Lipinski definition) is 1. The van der Waals surface area contributed by atoms with E-state index in [0.717, 1.165) is 5.57 Å². The Bertz CT molecular complexity index is 189. The number of rotatable bonds is 2. The summed E-state index contributed by atoms with van der Waals surface area (Å²) in [5.41, 5.74) is 0.757. The minimum atomic E-state index is -0.685. The molecule has 1 N–H and O–H groups in total. The van der Waals surface area contributed by atoms with E-state index in [9.17, 15) is 4.39 Å². The summed E-state index contributed by atoms with van der Waals surface area (Å²) < 4.78 is 12.4. The number of allylic oxidation sites excluding steroid dienone is 4. The highest BCUT2D eigenvalue weighted by molar-refractivity contribution is 5.25. The largest absolute Gasteiger partial charge is 0.506 e. The third-order valence-corrected chi connectivity index (χ3v) is 1.09. The van der Waals surface area contributed by atoms with Crippen molar-refractivity contribution in [3.63, 3.8) is 0 Å². The fourth-order valence-corrected chi connectivity index (χ4v) is 0.367. The summed E-state index contributed by atoms with van der Waals surface area (Å²) in [4.78, 5) is 0. The molecular weight excluding hydrogens is 131 g/mol. The van der Waals surface area contributed by atoms with E-state index in [1.165, 1.54) is 6.08 Å². The molecule has 0 bridgehead atoms. The van der Waals surface area contributed by atoms with Gasteiger partial charge < -0.3 is 5.11 Å². The zero-order valence-corrected chi connectivity index (χ0v) is 6.19. The van der Waals surface area contributed by atoms with E-state index >= 15 is 0 Å². The maximum atomic E-state index is 12.4. The van der Waals surface area contributed by atoms with Crippen LogP contribution in [0.5, 0.6) is 0 Å². The lowest BCUT2D eigenvalue weighted by Gasteiger charge is -1.92. The Morgan fingerprint density at radius 1 is 1.60 bits per heavy atom. The topological polar surface area (TPSA) is 20.2 Å². The molecule has 0 heterocycles. The maximum Gasteiger partial charge on any atom is 0.164 e. The first kappa shape index (κ1) is 8.95. The van der Waals surface area contributed by atoms with Gasteiger partial charge in [0, 0.05) is 0 Å². The minimum Gasteiger partial charge on any atom is -0.506 e. The monoisotopic (exact) mass is 142 g/mol. The standard InChI is InChI=1S/C8H11FO/c1-4-6(2)5-8(9)7(3)10/h4-5,10H,3H2,1-2H3/b6-4-,8-5+. The van der Waals surface area contributed by atoms with Crippen molar-refractivity contribution >= 4 is 0 Å². The van der Waals surface area contributed by atoms with Gasteiger partial charge >= 0.3 is 0 Å². The lowest BCUT2D eigenvalue weighted by Crippen LogP contribution is -1.78. The molecule has 0 amide bonds. The molecule has 0 aromatic carbocycles. The predicted octanol–water partition coefficient (Wildman–Crippen LogP) is 2.88. The van der Waals surface area contributed by atoms with E-state index in [1.807, 2.05) is 0 Å². The van der Waals surface area contributed by atoms with Crippen molar-refractivity contribution < 1.29 is 9.50 Å². The van der Waals surface area contributed by atoms with Gasteiger partial charge in [0.2, 0.25) is 0 Å². The Morgan fingerprint density at radius 2 is 2.10 bits per heavy atom. The molecule has 0 atom stereocenters. The normalized spacial score (nSPS) is 13.5. The Balaban J connectivity index is 4.31. The fourth-order valence-electron chi connectivity index (χ4n) is 0.367. The molecule has 0 saturated heterocycles. The van der Waals surface area contributed by atoms with Gasteiger partial charge in [0.1, 0.15) is 5.76 Å². The molecule has 0 aliphatic heterocycles. The summed E-state index contributed by atoms with van der Waals surface area (Å²) in [6, 6.07) is 0. The van der Waals surface area contributed by atoms with Gasteiger partial charge in [-0.15, -0.1) is 0 Å². The molecule has 56 valence electrons. The van der Waals surface area contributed by atoms with E-state index in [2.05, 4.69) is 6.58 Å². The molecule has 1 nitrogen and oxygen atoms in total. The highest BCUT2D eigenvalue weighted by atomic mass is 19.1. The molecule has 0 aromatic heterocycles. The van der Waals surface area contributed by atoms with Crippen molar-refractivity contribution in [2.45, 2.75) is 13.8 Å². The second-order valence-corrected chi connectivity index (χ2v) is 1.97. The van der Waals surface area contributed by atoms with Crippen molar-refractivity contribution in [2.75, 3.05) is 0 Å². The molecular formula is C8H11FO. The molecule has 0 unspecified atom stereocenters. The molecule has 0 aromatic rings. The van der Waals surface area contributed by atoms with Crippen LogP contribution >= 0.6 is 0 Å². The first-order valence-corrected chi connectivity index (χ1v) is 2.96. The van der Waals surface area contributed by atoms with Crippen LogP contribution in [-0.4, -0.2) is 5.11 Å². The van der Waals surface area contributed by atoms with E-state index in [-0.39, 0.29) is 0 Å². The maximum absolute atomic E-state index is 12.4. The summed E-state index contributed by atoms with van der Waals surface area (Å²) in [5, 5.41) is 8.50. The average molecular weight is 142 g/mol. The molecule has 2 heteroatoms. The van der Waals surface area contributed by atoms with Crippen LogP contribution < -0.4 is 0 Å². The Labute approximate surface area is 60.2 Å². The fraction of sp³-hybridized carbons (Fsp3) is 0.250. The number of hydrogen-bond acceptors (Lipinski definition) is 1. The zero-order valence-electron chi connectivity index (χ0n) is 6.19. The molecule has 0 fully saturated rings. The van der Waals surface area contributed by atoms with Crippen LogP contribution in [0.3, 0.4) is 0 Å². The van der Waals surface area contributed by atoms with Gasteiger partial charge in [-0.05, 0) is 19.9 Å². The van der Waals surface area contributed by atoms with Crippen molar-refractivity contribution in [3.05, 3.63) is 35.9 Å². The van der Waals surface area contributed by atoms with E-state index in [0.29, 0.717) is 0 Å². The first-order chi connectivity index (χ1) is 4.57. The number of halogens is 1. The van der Waals surface area contributed by atoms with Crippen molar-refractivity contribution in [1.82, 2.24) is 0 Å². The van der Waals surface area contributed by atoms with Crippen LogP contribution in [0.4, 0.5) is 4.39 Å². The van der Waals surface area contributed by atoms with Gasteiger partial charge in [0.15, 0.2) is 5.83 Å². The predicted molar refractivity (Wildman–Crippen MR) is 40.4 cm³/mol. The highest BCUT2D eigenvalue weighted by Gasteiger charge is 1.95. The lowest BCUT2D eigenvalue weighted by molar-refractivity contribution is 0.392. The van der Waals surface area contributed by atoms with Crippen LogP contribution in [0.2, 0.25) is 0 Å². The summed E-state index contributed by atoms with van der Waals surface area (Å²) in [6.07, 6.45) is 2.96. The summed E-state index contributed by atoms with van der Waals surface area (Å²) >= 11 is 0. The summed E-state index contributed by atoms with van der Waals surface area (Å²) in [5.74, 6) is -1.21. The molecule has 0 radical (unpaired) electrons. The van der Waals surface area contributed by atoms with Gasteiger partial charge in [0.25, 0.3) is 0 Å². The minimum absolute atomic E-state index is 0.527. The second kappa shape index (κ2) is 3.88. The molecule has 0 aliphatic rings. The summed E-state index contributed by atoms with van der Waals surface area (Å²) in [6.45, 7) is 6.56. The van der Waals surface area contributed by atoms with Crippen LogP contribution in [0.1, 0.15) is 13.8 Å². The van der Waals surface area contributed by atoms with Gasteiger partial charge in [-0.2, -0.15) is 0 Å². The molecule has 0 saturated carbocycles. The smallest absolute Gasteiger partial charge is 0.164 e. The van der Waals surface area contributed by atoms with E-state index in [1.54, 1.807) is 19.9 Å². The first-order valence-electron chi connectivity index (χ1n) is 2.96. The van der Waals surface area contributed by atoms with Gasteiger partial charge in [-0.3, -0.25) is 0 Å². The van der Waals surface area contributed by atoms with E-state index < -0.39 is 11.6 Å². The quantitative estimate of drug-likeness (QED) is 0.464. The summed E-state index contributed by atoms with van der Waals surface area (Å²) in [7, 11) is 0.